The Bertz CT molecular complexity index is 267. The quantitative estimate of drug-likeness (QED) is 0.682. The fourth-order valence-corrected chi connectivity index (χ4v) is 3.30. The highest BCUT2D eigenvalue weighted by Crippen LogP contribution is 2.20. The monoisotopic (exact) mass is 192 g/mol. The second-order valence-electron chi connectivity index (χ2n) is 3.22. The van der Waals surface area contributed by atoms with E-state index in [2.05, 4.69) is 0 Å². The van der Waals surface area contributed by atoms with Crippen molar-refractivity contribution < 1.29 is 18.3 Å². The van der Waals surface area contributed by atoms with Crippen LogP contribution in [0.25, 0.3) is 0 Å². The third kappa shape index (κ3) is 2.81. The Kier molecular flexibility index (Phi) is 2.72. The molecule has 1 aliphatic heterocycles. The Labute approximate surface area is 71.5 Å². The SMILES string of the molecule is O=C(O)CC1CCCS(=O)(=O)C1. The number of carboxylic acid groups (broad SMARTS) is 1. The van der Waals surface area contributed by atoms with Crippen LogP contribution in [0.3, 0.4) is 0 Å². The molecule has 70 valence electrons. The van der Waals surface area contributed by atoms with Crippen molar-refractivity contribution >= 4 is 15.8 Å². The van der Waals surface area contributed by atoms with Crippen LogP contribution in [0.4, 0.5) is 0 Å². The topological polar surface area (TPSA) is 71.4 Å². The molecule has 0 saturated carbocycles. The van der Waals surface area contributed by atoms with Gasteiger partial charge in [0.05, 0.1) is 11.5 Å². The van der Waals surface area contributed by atoms with E-state index >= 15 is 0 Å². The lowest BCUT2D eigenvalue weighted by atomic mass is 10.0. The van der Waals surface area contributed by atoms with Crippen molar-refractivity contribution in [3.8, 4) is 0 Å². The number of hydrogen-bond acceptors (Lipinski definition) is 3. The summed E-state index contributed by atoms with van der Waals surface area (Å²) >= 11 is 0. The molecule has 1 N–H and O–H groups in total. The average Bonchev–Trinajstić information content (AvgIpc) is 1.82. The van der Waals surface area contributed by atoms with Crippen LogP contribution >= 0.6 is 0 Å². The van der Waals surface area contributed by atoms with E-state index in [1.807, 2.05) is 0 Å². The van der Waals surface area contributed by atoms with Crippen LogP contribution in [0.15, 0.2) is 0 Å². The van der Waals surface area contributed by atoms with Crippen molar-refractivity contribution in [1.82, 2.24) is 0 Å². The molecule has 1 rings (SSSR count). The summed E-state index contributed by atoms with van der Waals surface area (Å²) in [6, 6.07) is 0. The highest BCUT2D eigenvalue weighted by Gasteiger charge is 2.25. The molecule has 1 unspecified atom stereocenters. The highest BCUT2D eigenvalue weighted by atomic mass is 32.2. The Morgan fingerprint density at radius 1 is 1.50 bits per heavy atom. The molecule has 1 aliphatic rings. The molecular formula is C7H12O4S. The molecule has 0 aromatic rings. The van der Waals surface area contributed by atoms with Crippen molar-refractivity contribution in [3.63, 3.8) is 0 Å². The first-order valence-corrected chi connectivity index (χ1v) is 5.74. The molecule has 5 heteroatoms. The maximum atomic E-state index is 11.0. The van der Waals surface area contributed by atoms with Gasteiger partial charge < -0.3 is 5.11 Å². The predicted octanol–water partition coefficient (Wildman–Crippen LogP) is 0.286. The molecule has 0 amide bonds. The van der Waals surface area contributed by atoms with E-state index in [0.29, 0.717) is 6.42 Å². The number of hydrogen-bond donors (Lipinski definition) is 1. The smallest absolute Gasteiger partial charge is 0.303 e. The maximum absolute atomic E-state index is 11.0. The summed E-state index contributed by atoms with van der Waals surface area (Å²) in [5.41, 5.74) is 0. The van der Waals surface area contributed by atoms with Crippen molar-refractivity contribution in [2.75, 3.05) is 11.5 Å². The molecule has 12 heavy (non-hydrogen) atoms. The van der Waals surface area contributed by atoms with Crippen molar-refractivity contribution in [2.45, 2.75) is 19.3 Å². The van der Waals surface area contributed by atoms with Gasteiger partial charge in [-0.15, -0.1) is 0 Å². The Balaban J connectivity index is 2.53. The van der Waals surface area contributed by atoms with Gasteiger partial charge in [-0.05, 0) is 18.8 Å². The summed E-state index contributed by atoms with van der Waals surface area (Å²) < 4.78 is 22.1. The molecule has 4 nitrogen and oxygen atoms in total. The van der Waals surface area contributed by atoms with E-state index in [0.717, 1.165) is 6.42 Å². The largest absolute Gasteiger partial charge is 0.481 e. The Hall–Kier alpha value is -0.580. The van der Waals surface area contributed by atoms with Gasteiger partial charge in [0.15, 0.2) is 9.84 Å². The first kappa shape index (κ1) is 9.51. The molecule has 1 atom stereocenters. The molecule has 0 aromatic heterocycles. The van der Waals surface area contributed by atoms with Crippen LogP contribution in [0, 0.1) is 5.92 Å². The van der Waals surface area contributed by atoms with Crippen LogP contribution in [0.5, 0.6) is 0 Å². The van der Waals surface area contributed by atoms with Gasteiger partial charge >= 0.3 is 5.97 Å². The number of aliphatic carboxylic acids is 1. The molecule has 1 heterocycles. The Morgan fingerprint density at radius 3 is 2.67 bits per heavy atom. The molecule has 0 aliphatic carbocycles. The van der Waals surface area contributed by atoms with Crippen molar-refractivity contribution in [1.29, 1.82) is 0 Å². The van der Waals surface area contributed by atoms with Crippen molar-refractivity contribution in [2.24, 2.45) is 5.92 Å². The summed E-state index contributed by atoms with van der Waals surface area (Å²) in [7, 11) is -2.94. The van der Waals surface area contributed by atoms with Gasteiger partial charge in [0.2, 0.25) is 0 Å². The molecule has 0 bridgehead atoms. The average molecular weight is 192 g/mol. The molecule has 1 fully saturated rings. The van der Waals surface area contributed by atoms with Crippen LogP contribution in [0.2, 0.25) is 0 Å². The van der Waals surface area contributed by atoms with Gasteiger partial charge in [-0.3, -0.25) is 4.79 Å². The number of carboxylic acids is 1. The lowest BCUT2D eigenvalue weighted by Crippen LogP contribution is -2.26. The second-order valence-corrected chi connectivity index (χ2v) is 5.45. The van der Waals surface area contributed by atoms with Gasteiger partial charge in [-0.2, -0.15) is 0 Å². The first-order valence-electron chi connectivity index (χ1n) is 3.92. The van der Waals surface area contributed by atoms with E-state index in [1.54, 1.807) is 0 Å². The fourth-order valence-electron chi connectivity index (χ4n) is 1.53. The summed E-state index contributed by atoms with van der Waals surface area (Å²) in [5.74, 6) is -0.791. The zero-order valence-electron chi connectivity index (χ0n) is 6.69. The summed E-state index contributed by atoms with van der Waals surface area (Å²) in [5, 5.41) is 8.44. The predicted molar refractivity (Wildman–Crippen MR) is 43.6 cm³/mol. The van der Waals surface area contributed by atoms with Crippen LogP contribution < -0.4 is 0 Å². The minimum Gasteiger partial charge on any atom is -0.481 e. The highest BCUT2D eigenvalue weighted by molar-refractivity contribution is 7.91. The minimum absolute atomic E-state index is 0.0147. The molecular weight excluding hydrogens is 180 g/mol. The zero-order valence-corrected chi connectivity index (χ0v) is 7.51. The van der Waals surface area contributed by atoms with E-state index in [1.165, 1.54) is 0 Å². The van der Waals surface area contributed by atoms with Crippen LogP contribution in [-0.4, -0.2) is 31.0 Å². The minimum atomic E-state index is -2.94. The number of sulfone groups is 1. The summed E-state index contributed by atoms with van der Waals surface area (Å²) in [4.78, 5) is 10.3. The lowest BCUT2D eigenvalue weighted by Gasteiger charge is -2.19. The summed E-state index contributed by atoms with van der Waals surface area (Å²) in [6.07, 6.45) is 1.32. The third-order valence-corrected chi connectivity index (χ3v) is 3.91. The summed E-state index contributed by atoms with van der Waals surface area (Å²) in [6.45, 7) is 0. The molecule has 1 saturated heterocycles. The molecule has 0 spiro atoms. The third-order valence-electron chi connectivity index (χ3n) is 2.02. The zero-order chi connectivity index (χ0) is 9.19. The maximum Gasteiger partial charge on any atom is 0.303 e. The van der Waals surface area contributed by atoms with Crippen LogP contribution in [0.1, 0.15) is 19.3 Å². The van der Waals surface area contributed by atoms with Gasteiger partial charge in [0, 0.05) is 6.42 Å². The molecule has 0 radical (unpaired) electrons. The van der Waals surface area contributed by atoms with Gasteiger partial charge in [0.1, 0.15) is 0 Å². The van der Waals surface area contributed by atoms with Gasteiger partial charge in [-0.1, -0.05) is 0 Å². The fraction of sp³-hybridized carbons (Fsp3) is 0.857. The van der Waals surface area contributed by atoms with E-state index in [9.17, 15) is 13.2 Å². The van der Waals surface area contributed by atoms with Gasteiger partial charge in [0.25, 0.3) is 0 Å². The Morgan fingerprint density at radius 2 is 2.17 bits per heavy atom. The van der Waals surface area contributed by atoms with E-state index < -0.39 is 15.8 Å². The molecule has 0 aromatic carbocycles. The number of rotatable bonds is 2. The standard InChI is InChI=1S/C7H12O4S/c8-7(9)4-6-2-1-3-12(10,11)5-6/h6H,1-5H2,(H,8,9). The lowest BCUT2D eigenvalue weighted by molar-refractivity contribution is -0.138. The second kappa shape index (κ2) is 3.43. The van der Waals surface area contributed by atoms with E-state index in [4.69, 9.17) is 5.11 Å². The number of carbonyl (C=O) groups is 1. The van der Waals surface area contributed by atoms with E-state index in [-0.39, 0.29) is 23.8 Å². The van der Waals surface area contributed by atoms with Crippen LogP contribution in [-0.2, 0) is 14.6 Å². The van der Waals surface area contributed by atoms with Gasteiger partial charge in [-0.25, -0.2) is 8.42 Å². The normalized spacial score (nSPS) is 28.2. The van der Waals surface area contributed by atoms with Crippen molar-refractivity contribution in [3.05, 3.63) is 0 Å². The first-order chi connectivity index (χ1) is 5.49.